The molecule has 0 spiro atoms. The van der Waals surface area contributed by atoms with Crippen molar-refractivity contribution < 1.29 is 35.9 Å². The van der Waals surface area contributed by atoms with E-state index >= 15 is 0 Å². The largest absolute Gasteiger partial charge is 0.446 e. The molecular formula is C21H23F6N5O3. The minimum absolute atomic E-state index is 0.0606. The van der Waals surface area contributed by atoms with E-state index in [0.717, 1.165) is 12.3 Å². The lowest BCUT2D eigenvalue weighted by Gasteiger charge is -2.43. The van der Waals surface area contributed by atoms with Gasteiger partial charge in [0.15, 0.2) is 0 Å². The van der Waals surface area contributed by atoms with E-state index in [1.54, 1.807) is 18.7 Å². The number of halogens is 6. The van der Waals surface area contributed by atoms with Gasteiger partial charge in [0.2, 0.25) is 5.95 Å². The summed E-state index contributed by atoms with van der Waals surface area (Å²) >= 11 is 0. The maximum absolute atomic E-state index is 13.0. The van der Waals surface area contributed by atoms with Crippen molar-refractivity contribution in [3.05, 3.63) is 51.7 Å². The number of aromatic nitrogens is 3. The van der Waals surface area contributed by atoms with Gasteiger partial charge in [0.1, 0.15) is 11.7 Å². The number of hydrogen-bond acceptors (Lipinski definition) is 6. The van der Waals surface area contributed by atoms with Gasteiger partial charge in [-0.2, -0.15) is 26.3 Å². The molecule has 0 saturated carbocycles. The second-order valence-electron chi connectivity index (χ2n) is 8.42. The Labute approximate surface area is 195 Å². The molecule has 8 nitrogen and oxygen atoms in total. The molecule has 2 aromatic heterocycles. The Morgan fingerprint density at radius 1 is 1.11 bits per heavy atom. The minimum atomic E-state index is -4.81. The van der Waals surface area contributed by atoms with Crippen molar-refractivity contribution in [2.75, 3.05) is 18.0 Å². The highest BCUT2D eigenvalue weighted by Crippen LogP contribution is 2.29. The molecule has 35 heavy (non-hydrogen) atoms. The highest BCUT2D eigenvalue weighted by atomic mass is 19.4. The number of pyridine rings is 1. The summed E-state index contributed by atoms with van der Waals surface area (Å²) in [6.07, 6.45) is -8.39. The van der Waals surface area contributed by atoms with Crippen LogP contribution in [0.25, 0.3) is 0 Å². The third-order valence-corrected chi connectivity index (χ3v) is 5.54. The van der Waals surface area contributed by atoms with E-state index in [9.17, 15) is 35.9 Å². The van der Waals surface area contributed by atoms with E-state index in [4.69, 9.17) is 4.74 Å². The molecule has 1 aliphatic rings. The van der Waals surface area contributed by atoms with Crippen LogP contribution in [-0.4, -0.2) is 57.2 Å². The Morgan fingerprint density at radius 3 is 2.31 bits per heavy atom. The standard InChI is InChI=1S/C21H23F6N5O3/c1-11-10-32(12(2)9-31(11)18-29-7-15(8-30-18)20(22,23)24)19(34)35-13(3)4-14-5-16(21(25,26)27)17(33)28-6-14/h5-8,11-13H,4,9-10H2,1-3H3,(H,28,33)/t11-,12+,13-/m0/s1. The number of nitrogens with one attached hydrogen (secondary N) is 1. The van der Waals surface area contributed by atoms with Gasteiger partial charge in [-0.15, -0.1) is 0 Å². The van der Waals surface area contributed by atoms with E-state index in [2.05, 4.69) is 9.97 Å². The fourth-order valence-corrected chi connectivity index (χ4v) is 3.75. The van der Waals surface area contributed by atoms with Crippen LogP contribution in [0.2, 0.25) is 0 Å². The normalized spacial score (nSPS) is 20.0. The van der Waals surface area contributed by atoms with Crippen LogP contribution in [0.4, 0.5) is 37.1 Å². The number of carbonyl (C=O) groups excluding carboxylic acids is 1. The molecule has 0 aromatic carbocycles. The molecule has 3 atom stereocenters. The van der Waals surface area contributed by atoms with Crippen molar-refractivity contribution in [1.82, 2.24) is 19.9 Å². The Morgan fingerprint density at radius 2 is 1.74 bits per heavy atom. The van der Waals surface area contributed by atoms with E-state index in [1.807, 2.05) is 4.98 Å². The van der Waals surface area contributed by atoms with Gasteiger partial charge in [-0.1, -0.05) is 0 Å². The first-order valence-corrected chi connectivity index (χ1v) is 10.6. The third kappa shape index (κ3) is 6.22. The van der Waals surface area contributed by atoms with Crippen LogP contribution in [-0.2, 0) is 23.5 Å². The summed E-state index contributed by atoms with van der Waals surface area (Å²) in [7, 11) is 0. The quantitative estimate of drug-likeness (QED) is 0.632. The van der Waals surface area contributed by atoms with Crippen molar-refractivity contribution in [3.63, 3.8) is 0 Å². The molecule has 14 heteroatoms. The zero-order valence-corrected chi connectivity index (χ0v) is 18.9. The number of carbonyl (C=O) groups is 1. The third-order valence-electron chi connectivity index (χ3n) is 5.54. The van der Waals surface area contributed by atoms with Crippen LogP contribution in [0, 0.1) is 0 Å². The fourth-order valence-electron chi connectivity index (χ4n) is 3.75. The number of rotatable bonds is 4. The van der Waals surface area contributed by atoms with Crippen LogP contribution in [0.15, 0.2) is 29.5 Å². The fraction of sp³-hybridized carbons (Fsp3) is 0.524. The summed E-state index contributed by atoms with van der Waals surface area (Å²) in [5.41, 5.74) is -3.42. The van der Waals surface area contributed by atoms with E-state index in [0.29, 0.717) is 12.4 Å². The lowest BCUT2D eigenvalue weighted by molar-refractivity contribution is -0.139. The molecule has 1 aliphatic heterocycles. The van der Waals surface area contributed by atoms with Crippen LogP contribution in [0.1, 0.15) is 37.5 Å². The van der Waals surface area contributed by atoms with E-state index in [-0.39, 0.29) is 37.1 Å². The predicted octanol–water partition coefficient (Wildman–Crippen LogP) is 3.87. The van der Waals surface area contributed by atoms with E-state index in [1.165, 1.54) is 11.8 Å². The molecule has 0 unspecified atom stereocenters. The first-order valence-electron chi connectivity index (χ1n) is 10.6. The number of H-pyrrole nitrogens is 1. The van der Waals surface area contributed by atoms with Gasteiger partial charge >= 0.3 is 18.4 Å². The molecule has 3 heterocycles. The van der Waals surface area contributed by atoms with Gasteiger partial charge < -0.3 is 19.5 Å². The van der Waals surface area contributed by atoms with Crippen molar-refractivity contribution in [2.45, 2.75) is 57.7 Å². The predicted molar refractivity (Wildman–Crippen MR) is 112 cm³/mol. The van der Waals surface area contributed by atoms with Crippen LogP contribution >= 0.6 is 0 Å². The number of anilines is 1. The molecule has 1 saturated heterocycles. The van der Waals surface area contributed by atoms with Gasteiger partial charge in [-0.05, 0) is 32.4 Å². The maximum atomic E-state index is 13.0. The molecule has 0 bridgehead atoms. The molecule has 0 radical (unpaired) electrons. The SMILES string of the molecule is C[C@@H]1CN(c2ncc(C(F)(F)F)cn2)[C@@H](C)CN1C(=O)O[C@@H](C)Cc1c[nH]c(=O)c(C(F)(F)F)c1. The zero-order valence-electron chi connectivity index (χ0n) is 18.9. The highest BCUT2D eigenvalue weighted by molar-refractivity contribution is 5.69. The summed E-state index contributed by atoms with van der Waals surface area (Å²) in [4.78, 5) is 36.9. The number of aromatic amines is 1. The molecule has 0 aliphatic carbocycles. The Balaban J connectivity index is 1.62. The highest BCUT2D eigenvalue weighted by Gasteiger charge is 2.37. The van der Waals surface area contributed by atoms with Crippen molar-refractivity contribution >= 4 is 12.0 Å². The first-order chi connectivity index (χ1) is 16.2. The average molecular weight is 507 g/mol. The minimum Gasteiger partial charge on any atom is -0.446 e. The lowest BCUT2D eigenvalue weighted by atomic mass is 10.1. The number of hydrogen-bond donors (Lipinski definition) is 1. The van der Waals surface area contributed by atoms with Crippen molar-refractivity contribution in [3.8, 4) is 0 Å². The second kappa shape index (κ2) is 9.74. The second-order valence-corrected chi connectivity index (χ2v) is 8.42. The van der Waals surface area contributed by atoms with Crippen molar-refractivity contribution in [1.29, 1.82) is 0 Å². The van der Waals surface area contributed by atoms with Crippen LogP contribution in [0.5, 0.6) is 0 Å². The Bertz CT molecular complexity index is 1100. The molecule has 1 N–H and O–H groups in total. The van der Waals surface area contributed by atoms with Crippen LogP contribution in [0.3, 0.4) is 0 Å². The van der Waals surface area contributed by atoms with Crippen molar-refractivity contribution in [2.24, 2.45) is 0 Å². The number of nitrogens with zero attached hydrogens (tertiary/aromatic N) is 4. The van der Waals surface area contributed by atoms with Gasteiger partial charge in [0.05, 0.1) is 5.56 Å². The monoisotopic (exact) mass is 507 g/mol. The molecular weight excluding hydrogens is 484 g/mol. The smallest absolute Gasteiger partial charge is 0.421 e. The molecule has 192 valence electrons. The van der Waals surface area contributed by atoms with Gasteiger partial charge in [0.25, 0.3) is 5.56 Å². The van der Waals surface area contributed by atoms with Crippen LogP contribution < -0.4 is 10.5 Å². The zero-order chi connectivity index (χ0) is 26.1. The molecule has 1 amide bonds. The maximum Gasteiger partial charge on any atom is 0.421 e. The summed E-state index contributed by atoms with van der Waals surface area (Å²) in [5.74, 6) is 0.0947. The Kier molecular flexibility index (Phi) is 7.31. The Hall–Kier alpha value is -3.32. The summed E-state index contributed by atoms with van der Waals surface area (Å²) in [5, 5.41) is 0. The number of ether oxygens (including phenoxy) is 1. The topological polar surface area (TPSA) is 91.4 Å². The summed E-state index contributed by atoms with van der Waals surface area (Å²) in [6, 6.07) is -0.0440. The number of amides is 1. The average Bonchev–Trinajstić information content (AvgIpc) is 2.75. The molecule has 1 fully saturated rings. The van der Waals surface area contributed by atoms with Gasteiger partial charge in [-0.3, -0.25) is 4.79 Å². The van der Waals surface area contributed by atoms with Gasteiger partial charge in [-0.25, -0.2) is 14.8 Å². The number of piperazine rings is 1. The summed E-state index contributed by atoms with van der Waals surface area (Å²) < 4.78 is 82.5. The first kappa shape index (κ1) is 26.3. The summed E-state index contributed by atoms with van der Waals surface area (Å²) in [6.45, 7) is 5.36. The van der Waals surface area contributed by atoms with E-state index < -0.39 is 47.3 Å². The molecule has 2 aromatic rings. The van der Waals surface area contributed by atoms with Gasteiger partial charge in [0, 0.05) is 50.2 Å². The lowest BCUT2D eigenvalue weighted by Crippen LogP contribution is -2.59. The molecule has 3 rings (SSSR count). The number of alkyl halides is 6.